The molecule has 5 rings (SSSR count). The Labute approximate surface area is 275 Å². The molecule has 0 unspecified atom stereocenters. The van der Waals surface area contributed by atoms with Gasteiger partial charge in [-0.3, -0.25) is 0 Å². The third-order valence-electron chi connectivity index (χ3n) is 7.89. The minimum Gasteiger partial charge on any atom is -0.497 e. The fourth-order valence-corrected chi connectivity index (χ4v) is 5.79. The quantitative estimate of drug-likeness (QED) is 0.0555. The number of rotatable bonds is 12. The molecule has 2 heterocycles. The summed E-state index contributed by atoms with van der Waals surface area (Å²) in [5, 5.41) is 26.2. The van der Waals surface area contributed by atoms with Gasteiger partial charge in [-0.25, -0.2) is 9.97 Å². The first kappa shape index (κ1) is 33.5. The summed E-state index contributed by atoms with van der Waals surface area (Å²) in [5.41, 5.74) is 8.56. The summed E-state index contributed by atoms with van der Waals surface area (Å²) < 4.78 is 47.3. The van der Waals surface area contributed by atoms with Gasteiger partial charge in [0.05, 0.1) is 12.6 Å². The first-order valence-corrected chi connectivity index (χ1v) is 15.3. The summed E-state index contributed by atoms with van der Waals surface area (Å²) in [4.78, 5) is 11.2. The number of anilines is 4. The maximum atomic E-state index is 14.1. The number of alkyl halides is 3. The molecular formula is C33H35ClF3N9O. The van der Waals surface area contributed by atoms with Crippen molar-refractivity contribution < 1.29 is 17.9 Å². The predicted octanol–water partition coefficient (Wildman–Crippen LogP) is 6.72. The minimum atomic E-state index is -4.70. The van der Waals surface area contributed by atoms with E-state index in [2.05, 4.69) is 30.8 Å². The van der Waals surface area contributed by atoms with Gasteiger partial charge in [-0.15, -0.1) is 0 Å². The number of benzene rings is 3. The average molecular weight is 666 g/mol. The third-order valence-corrected chi connectivity index (χ3v) is 8.20. The van der Waals surface area contributed by atoms with Gasteiger partial charge in [-0.2, -0.15) is 13.2 Å². The highest BCUT2D eigenvalue weighted by molar-refractivity contribution is 6.35. The number of piperazine rings is 1. The Morgan fingerprint density at radius 2 is 1.85 bits per heavy atom. The van der Waals surface area contributed by atoms with Gasteiger partial charge in [0.1, 0.15) is 23.6 Å². The molecule has 0 bridgehead atoms. The minimum absolute atomic E-state index is 0.0291. The van der Waals surface area contributed by atoms with E-state index >= 15 is 0 Å². The van der Waals surface area contributed by atoms with Crippen LogP contribution in [0.3, 0.4) is 0 Å². The van der Waals surface area contributed by atoms with E-state index in [1.165, 1.54) is 25.6 Å². The highest BCUT2D eigenvalue weighted by Crippen LogP contribution is 2.41. The van der Waals surface area contributed by atoms with E-state index in [1.807, 2.05) is 12.1 Å². The molecule has 1 aliphatic heterocycles. The van der Waals surface area contributed by atoms with Crippen LogP contribution in [0.15, 0.2) is 66.1 Å². The molecule has 1 fully saturated rings. The number of allylic oxidation sites excluding steroid dienone is 2. The van der Waals surface area contributed by atoms with E-state index in [0.29, 0.717) is 44.4 Å². The van der Waals surface area contributed by atoms with Crippen LogP contribution in [-0.2, 0) is 0 Å². The zero-order valence-electron chi connectivity index (χ0n) is 25.6. The first-order valence-electron chi connectivity index (χ1n) is 14.9. The molecule has 47 heavy (non-hydrogen) atoms. The highest BCUT2D eigenvalue weighted by Gasteiger charge is 2.36. The zero-order chi connectivity index (χ0) is 33.6. The smallest absolute Gasteiger partial charge is 0.431 e. The summed E-state index contributed by atoms with van der Waals surface area (Å²) in [6.07, 6.45) is -1.07. The van der Waals surface area contributed by atoms with Crippen molar-refractivity contribution in [3.05, 3.63) is 76.7 Å². The van der Waals surface area contributed by atoms with E-state index in [9.17, 15) is 13.2 Å². The average Bonchev–Trinajstić information content (AvgIpc) is 3.07. The number of hydrogen-bond acceptors (Lipinski definition) is 10. The van der Waals surface area contributed by atoms with E-state index < -0.39 is 11.9 Å². The van der Waals surface area contributed by atoms with Crippen molar-refractivity contribution in [2.45, 2.75) is 19.0 Å². The molecule has 0 atom stereocenters. The van der Waals surface area contributed by atoms with Gasteiger partial charge in [-0.1, -0.05) is 11.6 Å². The fraction of sp³-hybridized carbons (Fsp3) is 0.273. The van der Waals surface area contributed by atoms with Crippen LogP contribution in [0.5, 0.6) is 5.75 Å². The number of hydrogen-bond donors (Lipinski definition) is 6. The van der Waals surface area contributed by atoms with Crippen molar-refractivity contribution in [1.29, 1.82) is 10.8 Å². The molecule has 1 saturated heterocycles. The van der Waals surface area contributed by atoms with E-state index in [-0.39, 0.29) is 30.6 Å². The number of nitrogens with two attached hydrogens (primary N) is 1. The number of ether oxygens (including phenoxy) is 1. The summed E-state index contributed by atoms with van der Waals surface area (Å²) in [5.74, 6) is 1.30. The van der Waals surface area contributed by atoms with Gasteiger partial charge in [-0.05, 0) is 66.9 Å². The molecule has 10 nitrogen and oxygen atoms in total. The van der Waals surface area contributed by atoms with Crippen molar-refractivity contribution in [1.82, 2.24) is 15.3 Å². The van der Waals surface area contributed by atoms with Crippen LogP contribution in [0.4, 0.5) is 36.1 Å². The molecule has 0 radical (unpaired) electrons. The third kappa shape index (κ3) is 7.58. The van der Waals surface area contributed by atoms with Crippen LogP contribution in [0, 0.1) is 10.8 Å². The molecule has 7 N–H and O–H groups in total. The van der Waals surface area contributed by atoms with Crippen molar-refractivity contribution in [2.75, 3.05) is 61.1 Å². The van der Waals surface area contributed by atoms with Crippen LogP contribution in [0.1, 0.15) is 18.4 Å². The molecular weight excluding hydrogens is 631 g/mol. The molecule has 3 aromatic carbocycles. The summed E-state index contributed by atoms with van der Waals surface area (Å²) >= 11 is 6.90. The Hall–Kier alpha value is -4.88. The lowest BCUT2D eigenvalue weighted by Crippen LogP contribution is -2.44. The van der Waals surface area contributed by atoms with Gasteiger partial charge >= 0.3 is 6.18 Å². The number of halogens is 4. The molecule has 14 heteroatoms. The van der Waals surface area contributed by atoms with Crippen LogP contribution < -0.4 is 31.3 Å². The lowest BCUT2D eigenvalue weighted by atomic mass is 9.95. The van der Waals surface area contributed by atoms with Crippen LogP contribution >= 0.6 is 11.6 Å². The highest BCUT2D eigenvalue weighted by atomic mass is 35.5. The Kier molecular flexibility index (Phi) is 10.5. The van der Waals surface area contributed by atoms with Crippen molar-refractivity contribution >= 4 is 57.8 Å². The second-order valence-electron chi connectivity index (χ2n) is 10.8. The lowest BCUT2D eigenvalue weighted by molar-refractivity contribution is -0.0908. The monoisotopic (exact) mass is 665 g/mol. The molecule has 0 spiro atoms. The van der Waals surface area contributed by atoms with Gasteiger partial charge in [0.25, 0.3) is 0 Å². The SMILES string of the molecule is COc1ccc(N/C(=C(\C=N)CCCNc2ccc(N)c(C=N)c2-c2cc3ncnc(N4CCNCC4)c3cc2Cl)C(F)(F)F)cc1. The van der Waals surface area contributed by atoms with Crippen molar-refractivity contribution in [2.24, 2.45) is 0 Å². The number of nitrogen functional groups attached to an aromatic ring is 1. The second kappa shape index (κ2) is 14.7. The number of nitrogens with one attached hydrogen (secondary N) is 5. The number of fused-ring (bicyclic) bond motifs is 1. The zero-order valence-corrected chi connectivity index (χ0v) is 26.4. The van der Waals surface area contributed by atoms with Crippen molar-refractivity contribution in [3.63, 3.8) is 0 Å². The number of methoxy groups -OCH3 is 1. The van der Waals surface area contributed by atoms with Crippen LogP contribution in [-0.4, -0.2) is 68.4 Å². The van der Waals surface area contributed by atoms with Gasteiger partial charge in [0, 0.05) is 89.3 Å². The molecule has 0 saturated carbocycles. The summed E-state index contributed by atoms with van der Waals surface area (Å²) in [6.45, 7) is 3.53. The maximum Gasteiger partial charge on any atom is 0.431 e. The number of aromatic nitrogens is 2. The Morgan fingerprint density at radius 3 is 2.51 bits per heavy atom. The van der Waals surface area contributed by atoms with Crippen LogP contribution in [0.2, 0.25) is 5.02 Å². The van der Waals surface area contributed by atoms with E-state index in [1.54, 1.807) is 24.3 Å². The Balaban J connectivity index is 1.41. The number of nitrogens with zero attached hydrogens (tertiary/aromatic N) is 3. The molecule has 0 amide bonds. The summed E-state index contributed by atoms with van der Waals surface area (Å²) in [7, 11) is 1.47. The second-order valence-corrected chi connectivity index (χ2v) is 11.3. The first-order chi connectivity index (χ1) is 22.6. The van der Waals surface area contributed by atoms with Crippen LogP contribution in [0.25, 0.3) is 22.0 Å². The summed E-state index contributed by atoms with van der Waals surface area (Å²) in [6, 6.07) is 13.1. The Morgan fingerprint density at radius 1 is 1.11 bits per heavy atom. The van der Waals surface area contributed by atoms with Crippen molar-refractivity contribution in [3.8, 4) is 16.9 Å². The van der Waals surface area contributed by atoms with Gasteiger partial charge in [0.15, 0.2) is 0 Å². The van der Waals surface area contributed by atoms with E-state index in [4.69, 9.17) is 32.9 Å². The normalized spacial score (nSPS) is 14.0. The maximum absolute atomic E-state index is 14.1. The molecule has 246 valence electrons. The molecule has 1 aromatic heterocycles. The lowest BCUT2D eigenvalue weighted by Gasteiger charge is -2.29. The van der Waals surface area contributed by atoms with Gasteiger partial charge in [0.2, 0.25) is 0 Å². The fourth-order valence-electron chi connectivity index (χ4n) is 5.54. The van der Waals surface area contributed by atoms with E-state index in [0.717, 1.165) is 49.8 Å². The molecule has 4 aromatic rings. The van der Waals surface area contributed by atoms with Gasteiger partial charge < -0.3 is 42.1 Å². The predicted molar refractivity (Wildman–Crippen MR) is 184 cm³/mol. The standard InChI is InChI=1S/C33H35ClF3N9O/c1-47-22-6-4-21(5-7-22)45-31(33(35,36)37)20(17-38)3-2-10-42-28-9-8-27(40)25(18-39)30(28)23-16-29-24(15-26(23)34)32(44-19-43-29)46-13-11-41-12-14-46/h4-9,15-19,38-39,41-42,45H,2-3,10-14,40H2,1H3/b31-20-,38-17?,39-18?. The topological polar surface area (TPSA) is 148 Å². The molecule has 0 aliphatic carbocycles. The largest absolute Gasteiger partial charge is 0.497 e. The molecule has 1 aliphatic rings. The Bertz CT molecular complexity index is 1790.